The first-order valence-corrected chi connectivity index (χ1v) is 12.0. The van der Waals surface area contributed by atoms with Gasteiger partial charge in [-0.3, -0.25) is 4.79 Å². The average Bonchev–Trinajstić information content (AvgIpc) is 2.68. The zero-order valence-corrected chi connectivity index (χ0v) is 18.1. The van der Waals surface area contributed by atoms with E-state index in [1.165, 1.54) is 41.7 Å². The summed E-state index contributed by atoms with van der Waals surface area (Å²) in [5, 5.41) is 2.45. The summed E-state index contributed by atoms with van der Waals surface area (Å²) in [5.41, 5.74) is 0.0778. The highest BCUT2D eigenvalue weighted by Gasteiger charge is 2.24. The summed E-state index contributed by atoms with van der Waals surface area (Å²) in [7, 11) is -6.23. The number of carbonyl (C=O) groups is 1. The van der Waals surface area contributed by atoms with Crippen LogP contribution < -0.4 is 10.1 Å². The molecular formula is C19H24N2O6S2. The van der Waals surface area contributed by atoms with Gasteiger partial charge in [0.2, 0.25) is 15.9 Å². The minimum atomic E-state index is -3.84. The zero-order chi connectivity index (χ0) is 21.7. The summed E-state index contributed by atoms with van der Waals surface area (Å²) in [4.78, 5) is 12.4. The van der Waals surface area contributed by atoms with Gasteiger partial charge in [0.05, 0.1) is 22.6 Å². The van der Waals surface area contributed by atoms with Crippen molar-refractivity contribution in [3.05, 3.63) is 48.5 Å². The Balaban J connectivity index is 2.31. The van der Waals surface area contributed by atoms with E-state index in [4.69, 9.17) is 4.74 Å². The molecule has 10 heteroatoms. The lowest BCUT2D eigenvalue weighted by Gasteiger charge is -2.19. The highest BCUT2D eigenvalue weighted by molar-refractivity contribution is 7.92. The van der Waals surface area contributed by atoms with Gasteiger partial charge in [0.1, 0.15) is 11.5 Å². The lowest BCUT2D eigenvalue weighted by Crippen LogP contribution is -2.30. The maximum atomic E-state index is 12.7. The molecule has 2 aromatic rings. The van der Waals surface area contributed by atoms with Crippen molar-refractivity contribution >= 4 is 31.5 Å². The van der Waals surface area contributed by atoms with E-state index < -0.39 is 31.5 Å². The fourth-order valence-corrected chi connectivity index (χ4v) is 5.37. The molecule has 0 aromatic heterocycles. The first kappa shape index (κ1) is 22.9. The molecule has 0 fully saturated rings. The highest BCUT2D eigenvalue weighted by Crippen LogP contribution is 2.29. The summed E-state index contributed by atoms with van der Waals surface area (Å²) in [6.45, 7) is 4.03. The molecule has 1 N–H and O–H groups in total. The monoisotopic (exact) mass is 440 g/mol. The van der Waals surface area contributed by atoms with Crippen LogP contribution in [0.25, 0.3) is 0 Å². The molecule has 0 atom stereocenters. The zero-order valence-electron chi connectivity index (χ0n) is 16.5. The van der Waals surface area contributed by atoms with E-state index in [1.54, 1.807) is 32.0 Å². The third-order valence-electron chi connectivity index (χ3n) is 4.21. The number of hydrogen-bond donors (Lipinski definition) is 1. The summed E-state index contributed by atoms with van der Waals surface area (Å²) < 4.78 is 56.7. The fourth-order valence-electron chi connectivity index (χ4n) is 2.73. The Morgan fingerprint density at radius 2 is 1.59 bits per heavy atom. The summed E-state index contributed by atoms with van der Waals surface area (Å²) in [6, 6.07) is 11.7. The number of sulfonamides is 1. The quantitative estimate of drug-likeness (QED) is 0.640. The predicted octanol–water partition coefficient (Wildman–Crippen LogP) is 2.14. The Bertz CT molecular complexity index is 1060. The number of carbonyl (C=O) groups excluding carboxylic acids is 1. The van der Waals surface area contributed by atoms with Crippen molar-refractivity contribution in [2.75, 3.05) is 31.3 Å². The molecule has 0 aliphatic carbocycles. The maximum Gasteiger partial charge on any atom is 0.243 e. The third-order valence-corrected chi connectivity index (χ3v) is 7.89. The van der Waals surface area contributed by atoms with Crippen molar-refractivity contribution in [3.63, 3.8) is 0 Å². The van der Waals surface area contributed by atoms with Crippen LogP contribution in [0.15, 0.2) is 58.3 Å². The Kier molecular flexibility index (Phi) is 7.39. The second-order valence-electron chi connectivity index (χ2n) is 6.07. The van der Waals surface area contributed by atoms with E-state index in [-0.39, 0.29) is 21.2 Å². The number of nitrogens with one attached hydrogen (secondary N) is 1. The minimum Gasteiger partial charge on any atom is -0.495 e. The SMILES string of the molecule is CCN(CC)S(=O)(=O)c1ccc(OC)c(NC(=O)CS(=O)(=O)c2ccccc2)c1. The lowest BCUT2D eigenvalue weighted by molar-refractivity contribution is -0.113. The number of benzene rings is 2. The van der Waals surface area contributed by atoms with E-state index in [2.05, 4.69) is 5.32 Å². The van der Waals surface area contributed by atoms with Gasteiger partial charge in [-0.25, -0.2) is 16.8 Å². The molecule has 29 heavy (non-hydrogen) atoms. The molecule has 0 saturated carbocycles. The molecule has 0 spiro atoms. The summed E-state index contributed by atoms with van der Waals surface area (Å²) >= 11 is 0. The standard InChI is InChI=1S/C19H24N2O6S2/c1-4-21(5-2)29(25,26)16-11-12-18(27-3)17(13-16)20-19(22)14-28(23,24)15-9-7-6-8-10-15/h6-13H,4-5,14H2,1-3H3,(H,20,22). The van der Waals surface area contributed by atoms with Gasteiger partial charge in [0, 0.05) is 13.1 Å². The smallest absolute Gasteiger partial charge is 0.243 e. The van der Waals surface area contributed by atoms with Gasteiger partial charge in [-0.2, -0.15) is 4.31 Å². The van der Waals surface area contributed by atoms with Crippen LogP contribution in [0, 0.1) is 0 Å². The molecule has 8 nitrogen and oxygen atoms in total. The number of amides is 1. The predicted molar refractivity (Wildman–Crippen MR) is 110 cm³/mol. The van der Waals surface area contributed by atoms with Crippen molar-refractivity contribution in [2.45, 2.75) is 23.6 Å². The number of sulfone groups is 1. The van der Waals surface area contributed by atoms with Gasteiger partial charge in [0.15, 0.2) is 9.84 Å². The number of anilines is 1. The lowest BCUT2D eigenvalue weighted by atomic mass is 10.3. The molecule has 0 heterocycles. The van der Waals surface area contributed by atoms with Crippen LogP contribution in [0.2, 0.25) is 0 Å². The topological polar surface area (TPSA) is 110 Å². The first-order valence-electron chi connectivity index (χ1n) is 8.91. The van der Waals surface area contributed by atoms with Crippen LogP contribution in [0.1, 0.15) is 13.8 Å². The Labute approximate surface area is 171 Å². The molecule has 0 unspecified atom stereocenters. The van der Waals surface area contributed by atoms with Crippen molar-refractivity contribution < 1.29 is 26.4 Å². The minimum absolute atomic E-state index is 0.0248. The van der Waals surface area contributed by atoms with E-state index in [1.807, 2.05) is 0 Å². The van der Waals surface area contributed by atoms with Gasteiger partial charge in [0.25, 0.3) is 0 Å². The normalized spacial score (nSPS) is 12.0. The van der Waals surface area contributed by atoms with Gasteiger partial charge in [-0.15, -0.1) is 0 Å². The van der Waals surface area contributed by atoms with Gasteiger partial charge >= 0.3 is 0 Å². The van der Waals surface area contributed by atoms with Crippen LogP contribution in [-0.2, 0) is 24.7 Å². The Morgan fingerprint density at radius 3 is 2.14 bits per heavy atom. The van der Waals surface area contributed by atoms with Crippen molar-refractivity contribution in [3.8, 4) is 5.75 Å². The van der Waals surface area contributed by atoms with E-state index >= 15 is 0 Å². The Hall–Kier alpha value is -2.43. The third kappa shape index (κ3) is 5.34. The molecule has 1 amide bonds. The van der Waals surface area contributed by atoms with Gasteiger partial charge < -0.3 is 10.1 Å². The summed E-state index contributed by atoms with van der Waals surface area (Å²) in [5.74, 6) is -1.37. The van der Waals surface area contributed by atoms with Gasteiger partial charge in [-0.05, 0) is 30.3 Å². The largest absolute Gasteiger partial charge is 0.495 e. The van der Waals surface area contributed by atoms with Crippen molar-refractivity contribution in [1.29, 1.82) is 0 Å². The molecule has 2 aromatic carbocycles. The number of hydrogen-bond acceptors (Lipinski definition) is 6. The highest BCUT2D eigenvalue weighted by atomic mass is 32.2. The molecule has 0 aliphatic rings. The second kappa shape index (κ2) is 9.38. The maximum absolute atomic E-state index is 12.7. The number of rotatable bonds is 9. The molecule has 0 radical (unpaired) electrons. The van der Waals surface area contributed by atoms with E-state index in [9.17, 15) is 21.6 Å². The number of methoxy groups -OCH3 is 1. The van der Waals surface area contributed by atoms with Crippen LogP contribution in [0.5, 0.6) is 5.75 Å². The van der Waals surface area contributed by atoms with Gasteiger partial charge in [-0.1, -0.05) is 32.0 Å². The molecule has 0 bridgehead atoms. The van der Waals surface area contributed by atoms with Crippen LogP contribution in [0.3, 0.4) is 0 Å². The molecule has 0 aliphatic heterocycles. The van der Waals surface area contributed by atoms with Crippen LogP contribution in [0.4, 0.5) is 5.69 Å². The number of ether oxygens (including phenoxy) is 1. The Morgan fingerprint density at radius 1 is 0.966 bits per heavy atom. The van der Waals surface area contributed by atoms with E-state index in [0.717, 1.165) is 0 Å². The molecule has 0 saturated heterocycles. The molecule has 158 valence electrons. The van der Waals surface area contributed by atoms with Crippen molar-refractivity contribution in [1.82, 2.24) is 4.31 Å². The first-order chi connectivity index (χ1) is 13.7. The van der Waals surface area contributed by atoms with E-state index in [0.29, 0.717) is 13.1 Å². The number of nitrogens with zero attached hydrogens (tertiary/aromatic N) is 1. The van der Waals surface area contributed by atoms with Crippen molar-refractivity contribution in [2.24, 2.45) is 0 Å². The fraction of sp³-hybridized carbons (Fsp3) is 0.316. The van der Waals surface area contributed by atoms with Crippen LogP contribution in [-0.4, -0.2) is 53.0 Å². The second-order valence-corrected chi connectivity index (χ2v) is 10.00. The molecular weight excluding hydrogens is 416 g/mol. The molecule has 2 rings (SSSR count). The summed E-state index contributed by atoms with van der Waals surface area (Å²) in [6.07, 6.45) is 0. The van der Waals surface area contributed by atoms with Crippen LogP contribution >= 0.6 is 0 Å². The average molecular weight is 441 g/mol.